The summed E-state index contributed by atoms with van der Waals surface area (Å²) in [5, 5.41) is 9.52. The summed E-state index contributed by atoms with van der Waals surface area (Å²) in [6.45, 7) is 4.49. The maximum atomic E-state index is 11.2. The molecule has 0 radical (unpaired) electrons. The average molecular weight is 212 g/mol. The largest absolute Gasteiger partial charge is 0.334 e. The van der Waals surface area contributed by atoms with E-state index in [4.69, 9.17) is 0 Å². The van der Waals surface area contributed by atoms with Crippen molar-refractivity contribution in [3.05, 3.63) is 17.8 Å². The molecule has 1 aromatic heterocycles. The molecule has 6 heteroatoms. The molecule has 0 unspecified atom stereocenters. The van der Waals surface area contributed by atoms with Crippen LogP contribution in [-0.2, 0) is 0 Å². The molecule has 14 heavy (non-hydrogen) atoms. The molecule has 2 N–H and O–H groups in total. The Kier molecular flexibility index (Phi) is 4.06. The first-order valence-corrected chi connectivity index (χ1v) is 4.91. The normalized spacial score (nSPS) is 9.29. The average Bonchev–Trinajstić information content (AvgIpc) is 2.56. The maximum absolute atomic E-state index is 11.2. The van der Waals surface area contributed by atoms with E-state index >= 15 is 0 Å². The lowest BCUT2D eigenvalue weighted by Crippen LogP contribution is -2.28. The molecular weight excluding hydrogens is 200 g/mol. The fraction of sp³-hybridized carbons (Fsp3) is 0.375. The molecule has 2 amide bonds. The van der Waals surface area contributed by atoms with E-state index in [0.29, 0.717) is 11.5 Å². The van der Waals surface area contributed by atoms with Gasteiger partial charge in [-0.1, -0.05) is 16.1 Å². The fourth-order valence-electron chi connectivity index (χ4n) is 0.726. The Hall–Kier alpha value is -1.43. The molecule has 0 saturated carbocycles. The van der Waals surface area contributed by atoms with Crippen molar-refractivity contribution in [2.24, 2.45) is 0 Å². The highest BCUT2D eigenvalue weighted by molar-refractivity contribution is 7.10. The minimum atomic E-state index is -0.242. The van der Waals surface area contributed by atoms with Gasteiger partial charge in [0.2, 0.25) is 0 Å². The number of aromatic nitrogens is 2. The van der Waals surface area contributed by atoms with E-state index < -0.39 is 0 Å². The number of nitrogens with one attached hydrogen (secondary N) is 2. The molecule has 0 aliphatic rings. The van der Waals surface area contributed by atoms with E-state index in [-0.39, 0.29) is 6.03 Å². The van der Waals surface area contributed by atoms with E-state index in [1.807, 2.05) is 19.9 Å². The molecule has 0 aromatic carbocycles. The topological polar surface area (TPSA) is 66.9 Å². The van der Waals surface area contributed by atoms with Crippen molar-refractivity contribution in [3.8, 4) is 0 Å². The Bertz CT molecular complexity index is 316. The molecule has 0 aliphatic carbocycles. The monoisotopic (exact) mass is 212 g/mol. The Labute approximate surface area is 86.4 Å². The van der Waals surface area contributed by atoms with Gasteiger partial charge in [-0.2, -0.15) is 0 Å². The van der Waals surface area contributed by atoms with Crippen LogP contribution in [0.2, 0.25) is 0 Å². The Balaban J connectivity index is 2.27. The number of carbonyl (C=O) groups is 1. The molecule has 0 saturated heterocycles. The lowest BCUT2D eigenvalue weighted by Gasteiger charge is -2.01. The SMILES string of the molecule is CC(C)=CCNC(=O)Nc1cnns1. The second kappa shape index (κ2) is 5.33. The number of carbonyl (C=O) groups excluding carboxylic acids is 1. The zero-order valence-corrected chi connectivity index (χ0v) is 8.89. The first-order chi connectivity index (χ1) is 6.68. The van der Waals surface area contributed by atoms with Gasteiger partial charge in [-0.05, 0) is 13.8 Å². The van der Waals surface area contributed by atoms with E-state index in [1.54, 1.807) is 0 Å². The van der Waals surface area contributed by atoms with Gasteiger partial charge in [0, 0.05) is 18.1 Å². The molecule has 0 spiro atoms. The summed E-state index contributed by atoms with van der Waals surface area (Å²) < 4.78 is 3.62. The van der Waals surface area contributed by atoms with Crippen LogP contribution in [-0.4, -0.2) is 22.2 Å². The van der Waals surface area contributed by atoms with Crippen molar-refractivity contribution in [1.29, 1.82) is 0 Å². The highest BCUT2D eigenvalue weighted by Gasteiger charge is 2.00. The van der Waals surface area contributed by atoms with Gasteiger partial charge in [-0.25, -0.2) is 4.79 Å². The van der Waals surface area contributed by atoms with Crippen molar-refractivity contribution < 1.29 is 4.79 Å². The van der Waals surface area contributed by atoms with Crippen molar-refractivity contribution in [3.63, 3.8) is 0 Å². The van der Waals surface area contributed by atoms with Crippen LogP contribution in [0.15, 0.2) is 17.8 Å². The summed E-state index contributed by atoms with van der Waals surface area (Å²) in [5.41, 5.74) is 1.17. The van der Waals surface area contributed by atoms with E-state index in [1.165, 1.54) is 11.8 Å². The lowest BCUT2D eigenvalue weighted by molar-refractivity contribution is 0.253. The minimum Gasteiger partial charge on any atom is -0.334 e. The van der Waals surface area contributed by atoms with Crippen molar-refractivity contribution >= 4 is 22.6 Å². The smallest absolute Gasteiger partial charge is 0.320 e. The third kappa shape index (κ3) is 3.99. The number of hydrogen-bond acceptors (Lipinski definition) is 4. The summed E-state index contributed by atoms with van der Waals surface area (Å²) in [5.74, 6) is 0. The first kappa shape index (κ1) is 10.6. The number of allylic oxidation sites excluding steroid dienone is 1. The van der Waals surface area contributed by atoms with Crippen molar-refractivity contribution in [2.75, 3.05) is 11.9 Å². The van der Waals surface area contributed by atoms with Crippen molar-refractivity contribution in [1.82, 2.24) is 14.9 Å². The summed E-state index contributed by atoms with van der Waals surface area (Å²) in [7, 11) is 0. The van der Waals surface area contributed by atoms with E-state index in [0.717, 1.165) is 11.5 Å². The summed E-state index contributed by atoms with van der Waals surface area (Å²) in [6, 6.07) is -0.242. The molecule has 0 bridgehead atoms. The van der Waals surface area contributed by atoms with Gasteiger partial charge < -0.3 is 5.32 Å². The summed E-state index contributed by atoms with van der Waals surface area (Å²) in [4.78, 5) is 11.2. The molecular formula is C8H12N4OS. The second-order valence-corrected chi connectivity index (χ2v) is 3.68. The van der Waals surface area contributed by atoms with Crippen LogP contribution in [0.25, 0.3) is 0 Å². The molecule has 76 valence electrons. The third-order valence-electron chi connectivity index (χ3n) is 1.37. The van der Waals surface area contributed by atoms with Crippen LogP contribution in [0.1, 0.15) is 13.8 Å². The van der Waals surface area contributed by atoms with Gasteiger partial charge in [0.05, 0.1) is 6.20 Å². The number of nitrogens with zero attached hydrogens (tertiary/aromatic N) is 2. The van der Waals surface area contributed by atoms with Gasteiger partial charge >= 0.3 is 6.03 Å². The second-order valence-electron chi connectivity index (χ2n) is 2.90. The highest BCUT2D eigenvalue weighted by Crippen LogP contribution is 2.07. The molecule has 0 aliphatic heterocycles. The number of urea groups is 1. The highest BCUT2D eigenvalue weighted by atomic mass is 32.1. The Morgan fingerprint density at radius 1 is 1.64 bits per heavy atom. The zero-order chi connectivity index (χ0) is 10.4. The zero-order valence-electron chi connectivity index (χ0n) is 8.07. The number of hydrogen-bond donors (Lipinski definition) is 2. The molecule has 1 aromatic rings. The van der Waals surface area contributed by atoms with E-state index in [9.17, 15) is 4.79 Å². The van der Waals surface area contributed by atoms with E-state index in [2.05, 4.69) is 20.2 Å². The van der Waals surface area contributed by atoms with Crippen LogP contribution in [0, 0.1) is 0 Å². The Morgan fingerprint density at radius 3 is 3.00 bits per heavy atom. The molecule has 1 rings (SSSR count). The van der Waals surface area contributed by atoms with Crippen LogP contribution in [0.3, 0.4) is 0 Å². The predicted octanol–water partition coefficient (Wildman–Crippen LogP) is 1.63. The van der Waals surface area contributed by atoms with Gasteiger partial charge in [0.15, 0.2) is 0 Å². The van der Waals surface area contributed by atoms with Crippen molar-refractivity contribution in [2.45, 2.75) is 13.8 Å². The van der Waals surface area contributed by atoms with Gasteiger partial charge in [-0.3, -0.25) is 5.32 Å². The molecule has 1 heterocycles. The predicted molar refractivity (Wildman–Crippen MR) is 56.4 cm³/mol. The summed E-state index contributed by atoms with van der Waals surface area (Å²) >= 11 is 1.14. The number of anilines is 1. The van der Waals surface area contributed by atoms with Gasteiger partial charge in [0.1, 0.15) is 5.00 Å². The minimum absolute atomic E-state index is 0.242. The maximum Gasteiger partial charge on any atom is 0.320 e. The number of rotatable bonds is 3. The van der Waals surface area contributed by atoms with Gasteiger partial charge in [-0.15, -0.1) is 5.10 Å². The standard InChI is InChI=1S/C8H12N4OS/c1-6(2)3-4-9-8(13)11-7-5-10-12-14-7/h3,5H,4H2,1-2H3,(H2,9,11,13). The molecule has 0 fully saturated rings. The van der Waals surface area contributed by atoms with Crippen LogP contribution >= 0.6 is 11.5 Å². The summed E-state index contributed by atoms with van der Waals surface area (Å²) in [6.07, 6.45) is 3.44. The number of amides is 2. The van der Waals surface area contributed by atoms with Crippen LogP contribution in [0.4, 0.5) is 9.80 Å². The first-order valence-electron chi connectivity index (χ1n) is 4.14. The van der Waals surface area contributed by atoms with Gasteiger partial charge in [0.25, 0.3) is 0 Å². The lowest BCUT2D eigenvalue weighted by atomic mass is 10.3. The fourth-order valence-corrected chi connectivity index (χ4v) is 1.14. The van der Waals surface area contributed by atoms with Crippen LogP contribution < -0.4 is 10.6 Å². The third-order valence-corrected chi connectivity index (χ3v) is 1.95. The quantitative estimate of drug-likeness (QED) is 0.748. The Morgan fingerprint density at radius 2 is 2.43 bits per heavy atom. The van der Waals surface area contributed by atoms with Crippen LogP contribution in [0.5, 0.6) is 0 Å². The molecule has 5 nitrogen and oxygen atoms in total. The molecule has 0 atom stereocenters.